The lowest BCUT2D eigenvalue weighted by atomic mass is 9.97. The molecule has 2 aromatic heterocycles. The molecule has 10 heteroatoms. The maximum absolute atomic E-state index is 13.8. The molecule has 0 unspecified atom stereocenters. The summed E-state index contributed by atoms with van der Waals surface area (Å²) in [5.74, 6) is -0.111. The van der Waals surface area contributed by atoms with Crippen LogP contribution in [0.15, 0.2) is 21.2 Å². The van der Waals surface area contributed by atoms with Gasteiger partial charge in [-0.05, 0) is 51.0 Å². The minimum Gasteiger partial charge on any atom is -0.463 e. The fourth-order valence-electron chi connectivity index (χ4n) is 4.99. The maximum atomic E-state index is 13.8. The van der Waals surface area contributed by atoms with Crippen molar-refractivity contribution in [2.75, 3.05) is 18.9 Å². The molecule has 3 aliphatic rings. The molecule has 0 radical (unpaired) electrons. The molecule has 176 valence electrons. The number of thioether (sulfide) groups is 1. The van der Waals surface area contributed by atoms with E-state index in [9.17, 15) is 14.4 Å². The number of nitrogens with zero attached hydrogens (tertiary/aromatic N) is 2. The van der Waals surface area contributed by atoms with Gasteiger partial charge in [-0.1, -0.05) is 24.6 Å². The van der Waals surface area contributed by atoms with E-state index in [0.717, 1.165) is 61.6 Å². The summed E-state index contributed by atoms with van der Waals surface area (Å²) in [7, 11) is 0. The fraction of sp³-hybridized carbons (Fsp3) is 0.565. The normalized spacial score (nSPS) is 18.9. The van der Waals surface area contributed by atoms with Gasteiger partial charge in [-0.2, -0.15) is 0 Å². The standard InChI is InChI=1S/C23H28N4O4S2/c1-2-31-21(29)15-11-24-22(30)25-16(15)12-32-23-26-19-18(14-9-5-6-10-17(14)33-19)20(28)27(23)13-7-3-4-8-13/h13H,2-12H2,1H3,(H2,24,25,30). The Morgan fingerprint density at radius 1 is 1.21 bits per heavy atom. The quantitative estimate of drug-likeness (QED) is 0.365. The number of carbonyl (C=O) groups excluding carboxylic acids is 2. The van der Waals surface area contributed by atoms with E-state index in [0.29, 0.717) is 22.2 Å². The van der Waals surface area contributed by atoms with Gasteiger partial charge in [0.1, 0.15) is 4.83 Å². The number of rotatable bonds is 6. The largest absolute Gasteiger partial charge is 0.463 e. The molecule has 0 bridgehead atoms. The second-order valence-electron chi connectivity index (χ2n) is 8.67. The highest BCUT2D eigenvalue weighted by atomic mass is 32.2. The van der Waals surface area contributed by atoms with Crippen LogP contribution in [0.25, 0.3) is 10.2 Å². The third-order valence-electron chi connectivity index (χ3n) is 6.60. The molecular formula is C23H28N4O4S2. The number of carbonyl (C=O) groups is 2. The van der Waals surface area contributed by atoms with Gasteiger partial charge in [0.15, 0.2) is 5.16 Å². The zero-order valence-electron chi connectivity index (χ0n) is 18.7. The fourth-order valence-corrected chi connectivity index (χ4v) is 7.35. The van der Waals surface area contributed by atoms with Crippen molar-refractivity contribution in [3.63, 3.8) is 0 Å². The van der Waals surface area contributed by atoms with Crippen LogP contribution in [-0.4, -0.2) is 40.5 Å². The summed E-state index contributed by atoms with van der Waals surface area (Å²) in [6.07, 6.45) is 8.44. The van der Waals surface area contributed by atoms with Gasteiger partial charge >= 0.3 is 12.0 Å². The van der Waals surface area contributed by atoms with E-state index in [1.54, 1.807) is 18.3 Å². The molecule has 0 spiro atoms. The third kappa shape index (κ3) is 4.30. The van der Waals surface area contributed by atoms with Gasteiger partial charge in [-0.15, -0.1) is 11.3 Å². The van der Waals surface area contributed by atoms with Crippen molar-refractivity contribution < 1.29 is 14.3 Å². The van der Waals surface area contributed by atoms with Crippen molar-refractivity contribution in [1.29, 1.82) is 0 Å². The highest BCUT2D eigenvalue weighted by molar-refractivity contribution is 7.99. The number of hydrogen-bond acceptors (Lipinski definition) is 7. The molecule has 2 N–H and O–H groups in total. The van der Waals surface area contributed by atoms with Crippen LogP contribution in [0.3, 0.4) is 0 Å². The second-order valence-corrected chi connectivity index (χ2v) is 10.7. The van der Waals surface area contributed by atoms with Gasteiger partial charge in [-0.3, -0.25) is 9.36 Å². The first kappa shape index (κ1) is 22.5. The van der Waals surface area contributed by atoms with Crippen LogP contribution < -0.4 is 16.2 Å². The van der Waals surface area contributed by atoms with Crippen LogP contribution in [0.4, 0.5) is 4.79 Å². The molecule has 0 aromatic carbocycles. The number of amides is 2. The molecule has 2 amide bonds. The first-order valence-corrected chi connectivity index (χ1v) is 13.5. The molecule has 1 aliphatic heterocycles. The Kier molecular flexibility index (Phi) is 6.47. The molecular weight excluding hydrogens is 460 g/mol. The number of aromatic nitrogens is 2. The first-order chi connectivity index (χ1) is 16.1. The number of thiophene rings is 1. The van der Waals surface area contributed by atoms with E-state index < -0.39 is 5.97 Å². The number of urea groups is 1. The highest BCUT2D eigenvalue weighted by Gasteiger charge is 2.28. The van der Waals surface area contributed by atoms with E-state index in [-0.39, 0.29) is 30.8 Å². The second kappa shape index (κ2) is 9.50. The molecule has 8 nitrogen and oxygen atoms in total. The van der Waals surface area contributed by atoms with E-state index in [1.807, 2.05) is 4.57 Å². The van der Waals surface area contributed by atoms with Crippen molar-refractivity contribution >= 4 is 45.3 Å². The van der Waals surface area contributed by atoms with Crippen LogP contribution in [-0.2, 0) is 22.4 Å². The number of esters is 1. The summed E-state index contributed by atoms with van der Waals surface area (Å²) in [6, 6.07) is -0.196. The molecule has 1 saturated carbocycles. The van der Waals surface area contributed by atoms with Crippen LogP contribution in [0.5, 0.6) is 0 Å². The Balaban J connectivity index is 1.54. The summed E-state index contributed by atoms with van der Waals surface area (Å²) in [5.41, 5.74) is 2.20. The average Bonchev–Trinajstić information content (AvgIpc) is 3.45. The number of ether oxygens (including phenoxy) is 1. The highest BCUT2D eigenvalue weighted by Crippen LogP contribution is 2.37. The minimum atomic E-state index is -0.442. The first-order valence-electron chi connectivity index (χ1n) is 11.7. The Bertz CT molecular complexity index is 1190. The van der Waals surface area contributed by atoms with Crippen LogP contribution in [0.2, 0.25) is 0 Å². The van der Waals surface area contributed by atoms with Crippen molar-refractivity contribution in [3.05, 3.63) is 32.1 Å². The molecule has 3 heterocycles. The monoisotopic (exact) mass is 488 g/mol. The summed E-state index contributed by atoms with van der Waals surface area (Å²) in [5, 5.41) is 6.86. The summed E-state index contributed by atoms with van der Waals surface area (Å²) < 4.78 is 7.06. The van der Waals surface area contributed by atoms with Gasteiger partial charge in [0.05, 0.1) is 24.1 Å². The van der Waals surface area contributed by atoms with E-state index in [2.05, 4.69) is 10.6 Å². The molecule has 0 saturated heterocycles. The van der Waals surface area contributed by atoms with Gasteiger partial charge in [0, 0.05) is 22.4 Å². The SMILES string of the molecule is CCOC(=O)C1=C(CSc2nc3sc4c(c3c(=O)n2C2CCCC2)CCCC4)NC(=O)NC1. The maximum Gasteiger partial charge on any atom is 0.337 e. The molecule has 0 atom stereocenters. The number of nitrogens with one attached hydrogen (secondary N) is 2. The van der Waals surface area contributed by atoms with E-state index in [1.165, 1.54) is 22.2 Å². The summed E-state index contributed by atoms with van der Waals surface area (Å²) in [4.78, 5) is 45.2. The van der Waals surface area contributed by atoms with Crippen LogP contribution >= 0.6 is 23.1 Å². The van der Waals surface area contributed by atoms with Gasteiger partial charge in [-0.25, -0.2) is 14.6 Å². The lowest BCUT2D eigenvalue weighted by Gasteiger charge is -2.22. The predicted octanol–water partition coefficient (Wildman–Crippen LogP) is 3.67. The van der Waals surface area contributed by atoms with Gasteiger partial charge < -0.3 is 15.4 Å². The Hall–Kier alpha value is -2.33. The summed E-state index contributed by atoms with van der Waals surface area (Å²) in [6.45, 7) is 2.14. The van der Waals surface area contributed by atoms with E-state index >= 15 is 0 Å². The van der Waals surface area contributed by atoms with Gasteiger partial charge in [0.25, 0.3) is 5.56 Å². The van der Waals surface area contributed by atoms with Crippen molar-refractivity contribution in [2.45, 2.75) is 69.5 Å². The minimum absolute atomic E-state index is 0.0720. The number of hydrogen-bond donors (Lipinski definition) is 2. The lowest BCUT2D eigenvalue weighted by Crippen LogP contribution is -2.44. The Morgan fingerprint density at radius 3 is 2.79 bits per heavy atom. The third-order valence-corrected chi connectivity index (χ3v) is 8.77. The Labute approximate surface area is 200 Å². The van der Waals surface area contributed by atoms with Crippen LogP contribution in [0.1, 0.15) is 61.9 Å². The predicted molar refractivity (Wildman–Crippen MR) is 129 cm³/mol. The lowest BCUT2D eigenvalue weighted by molar-refractivity contribution is -0.138. The number of fused-ring (bicyclic) bond motifs is 3. The smallest absolute Gasteiger partial charge is 0.337 e. The Morgan fingerprint density at radius 2 is 2.00 bits per heavy atom. The van der Waals surface area contributed by atoms with Gasteiger partial charge in [0.2, 0.25) is 0 Å². The van der Waals surface area contributed by atoms with Crippen molar-refractivity contribution in [2.24, 2.45) is 0 Å². The zero-order valence-corrected chi connectivity index (χ0v) is 20.3. The summed E-state index contributed by atoms with van der Waals surface area (Å²) >= 11 is 3.06. The van der Waals surface area contributed by atoms with Crippen LogP contribution in [0, 0.1) is 0 Å². The molecule has 5 rings (SSSR count). The molecule has 2 aliphatic carbocycles. The molecule has 2 aromatic rings. The average molecular weight is 489 g/mol. The topological polar surface area (TPSA) is 102 Å². The zero-order chi connectivity index (χ0) is 22.9. The van der Waals surface area contributed by atoms with E-state index in [4.69, 9.17) is 9.72 Å². The van der Waals surface area contributed by atoms with Crippen molar-refractivity contribution in [3.8, 4) is 0 Å². The van der Waals surface area contributed by atoms with Crippen molar-refractivity contribution in [1.82, 2.24) is 20.2 Å². The number of aryl methyl sites for hydroxylation is 2. The molecule has 33 heavy (non-hydrogen) atoms. The molecule has 1 fully saturated rings.